The lowest BCUT2D eigenvalue weighted by atomic mass is 10.2. The molecule has 1 saturated heterocycles. The zero-order valence-corrected chi connectivity index (χ0v) is 13.9. The van der Waals surface area contributed by atoms with Gasteiger partial charge in [-0.25, -0.2) is 9.59 Å². The molecule has 1 aromatic carbocycles. The average Bonchev–Trinajstić information content (AvgIpc) is 2.51. The summed E-state index contributed by atoms with van der Waals surface area (Å²) in [6.45, 7) is 2.84. The number of nitro groups is 1. The fourth-order valence-electron chi connectivity index (χ4n) is 2.09. The van der Waals surface area contributed by atoms with Crippen molar-refractivity contribution < 1.29 is 33.5 Å². The molecule has 1 N–H and O–H groups in total. The lowest BCUT2D eigenvalue weighted by molar-refractivity contribution is -0.385. The second-order valence-electron chi connectivity index (χ2n) is 5.37. The number of methoxy groups -OCH3 is 2. The molecule has 10 nitrogen and oxygen atoms in total. The topological polar surface area (TPSA) is 126 Å². The molecule has 0 aliphatic carbocycles. The number of carbonyl (C=O) groups is 2. The molecule has 1 fully saturated rings. The monoisotopic (exact) mass is 352 g/mol. The number of benzene rings is 1. The number of carbonyl (C=O) groups excluding carboxylic acids is 2. The number of hydrogen-bond donors (Lipinski definition) is 1. The van der Waals surface area contributed by atoms with Crippen LogP contribution in [0.4, 0.5) is 11.4 Å². The zero-order chi connectivity index (χ0) is 18.8. The third kappa shape index (κ3) is 3.79. The fraction of sp³-hybridized carbons (Fsp3) is 0.333. The molecule has 1 aliphatic rings. The van der Waals surface area contributed by atoms with Crippen LogP contribution in [0.1, 0.15) is 13.8 Å². The molecule has 0 radical (unpaired) electrons. The molecule has 1 aromatic rings. The number of ether oxygens (including phenoxy) is 4. The van der Waals surface area contributed by atoms with E-state index in [1.807, 2.05) is 0 Å². The van der Waals surface area contributed by atoms with E-state index in [1.165, 1.54) is 40.2 Å². The van der Waals surface area contributed by atoms with Crippen molar-refractivity contribution in [3.05, 3.63) is 34.0 Å². The maximum atomic E-state index is 11.9. The van der Waals surface area contributed by atoms with Gasteiger partial charge in [-0.05, 0) is 0 Å². The molecule has 1 aliphatic heterocycles. The Morgan fingerprint density at radius 2 is 1.76 bits per heavy atom. The van der Waals surface area contributed by atoms with Gasteiger partial charge in [0.15, 0.2) is 5.57 Å². The zero-order valence-electron chi connectivity index (χ0n) is 13.9. The van der Waals surface area contributed by atoms with Crippen LogP contribution in [0.15, 0.2) is 23.9 Å². The number of anilines is 1. The van der Waals surface area contributed by atoms with Crippen LogP contribution in [-0.2, 0) is 19.1 Å². The first kappa shape index (κ1) is 18.0. The number of rotatable bonds is 5. The Kier molecular flexibility index (Phi) is 4.82. The largest absolute Gasteiger partial charge is 0.496 e. The highest BCUT2D eigenvalue weighted by Crippen LogP contribution is 2.39. The van der Waals surface area contributed by atoms with Gasteiger partial charge in [0.1, 0.15) is 5.75 Å². The minimum atomic E-state index is -1.36. The Morgan fingerprint density at radius 1 is 1.16 bits per heavy atom. The number of nitro benzene ring substituents is 1. The highest BCUT2D eigenvalue weighted by atomic mass is 16.7. The van der Waals surface area contributed by atoms with Gasteiger partial charge in [0.25, 0.3) is 5.79 Å². The van der Waals surface area contributed by atoms with Crippen LogP contribution >= 0.6 is 0 Å². The Labute approximate surface area is 142 Å². The number of nitrogens with zero attached hydrogens (tertiary/aromatic N) is 1. The molecule has 1 heterocycles. The standard InChI is InChI=1S/C15H16N2O8/c1-15(2)24-13(18)9(14(19)25-15)7-16-10-5-8(22-3)6-11(17(20)21)12(10)23-4/h5-7,16H,1-4H3. The van der Waals surface area contributed by atoms with Crippen molar-refractivity contribution in [1.82, 2.24) is 0 Å². The van der Waals surface area contributed by atoms with Crippen molar-refractivity contribution in [1.29, 1.82) is 0 Å². The molecular formula is C15H16N2O8. The summed E-state index contributed by atoms with van der Waals surface area (Å²) in [7, 11) is 2.59. The molecule has 2 rings (SSSR count). The van der Waals surface area contributed by atoms with Crippen LogP contribution in [0.25, 0.3) is 0 Å². The molecule has 0 amide bonds. The number of hydrogen-bond acceptors (Lipinski definition) is 9. The quantitative estimate of drug-likeness (QED) is 0.277. The number of esters is 2. The summed E-state index contributed by atoms with van der Waals surface area (Å²) < 4.78 is 20.0. The molecule has 10 heteroatoms. The third-order valence-corrected chi connectivity index (χ3v) is 3.17. The van der Waals surface area contributed by atoms with Crippen LogP contribution in [0.5, 0.6) is 11.5 Å². The molecule has 0 unspecified atom stereocenters. The maximum Gasteiger partial charge on any atom is 0.350 e. The maximum absolute atomic E-state index is 11.9. The summed E-state index contributed by atoms with van der Waals surface area (Å²) in [6.07, 6.45) is 1.03. The average molecular weight is 352 g/mol. The second-order valence-corrected chi connectivity index (χ2v) is 5.37. The fourth-order valence-corrected chi connectivity index (χ4v) is 2.09. The van der Waals surface area contributed by atoms with Gasteiger partial charge in [0.2, 0.25) is 5.75 Å². The summed E-state index contributed by atoms with van der Waals surface area (Å²) in [5, 5.41) is 13.8. The van der Waals surface area contributed by atoms with E-state index in [0.29, 0.717) is 0 Å². The number of nitrogens with one attached hydrogen (secondary N) is 1. The van der Waals surface area contributed by atoms with E-state index in [4.69, 9.17) is 18.9 Å². The summed E-state index contributed by atoms with van der Waals surface area (Å²) in [5.74, 6) is -3.04. The minimum absolute atomic E-state index is 0.0967. The molecule has 25 heavy (non-hydrogen) atoms. The van der Waals surface area contributed by atoms with E-state index in [1.54, 1.807) is 0 Å². The van der Waals surface area contributed by atoms with Crippen molar-refractivity contribution >= 4 is 23.3 Å². The smallest absolute Gasteiger partial charge is 0.350 e. The van der Waals surface area contributed by atoms with Gasteiger partial charge in [0, 0.05) is 26.1 Å². The highest BCUT2D eigenvalue weighted by Gasteiger charge is 2.39. The summed E-state index contributed by atoms with van der Waals surface area (Å²) in [5.41, 5.74) is -0.629. The molecule has 0 spiro atoms. The Bertz CT molecular complexity index is 747. The van der Waals surface area contributed by atoms with Crippen LogP contribution < -0.4 is 14.8 Å². The van der Waals surface area contributed by atoms with E-state index in [2.05, 4.69) is 5.32 Å². The molecule has 0 aromatic heterocycles. The first-order valence-corrected chi connectivity index (χ1v) is 7.02. The predicted octanol–water partition coefficient (Wildman–Crippen LogP) is 1.74. The van der Waals surface area contributed by atoms with Crippen LogP contribution in [0, 0.1) is 10.1 Å². The Balaban J connectivity index is 2.40. The van der Waals surface area contributed by atoms with E-state index < -0.39 is 28.2 Å². The lowest BCUT2D eigenvalue weighted by Crippen LogP contribution is -2.42. The van der Waals surface area contributed by atoms with Gasteiger partial charge >= 0.3 is 17.6 Å². The van der Waals surface area contributed by atoms with Crippen LogP contribution in [0.2, 0.25) is 0 Å². The Hall–Kier alpha value is -3.30. The van der Waals surface area contributed by atoms with Crippen LogP contribution in [-0.4, -0.2) is 36.9 Å². The van der Waals surface area contributed by atoms with Crippen molar-refractivity contribution in [2.45, 2.75) is 19.6 Å². The van der Waals surface area contributed by atoms with Gasteiger partial charge < -0.3 is 24.3 Å². The van der Waals surface area contributed by atoms with Crippen molar-refractivity contribution in [3.63, 3.8) is 0 Å². The predicted molar refractivity (Wildman–Crippen MR) is 84.2 cm³/mol. The van der Waals surface area contributed by atoms with Gasteiger partial charge in [-0.15, -0.1) is 0 Å². The van der Waals surface area contributed by atoms with Gasteiger partial charge in [-0.3, -0.25) is 10.1 Å². The van der Waals surface area contributed by atoms with Crippen molar-refractivity contribution in [3.8, 4) is 11.5 Å². The van der Waals surface area contributed by atoms with E-state index in [0.717, 1.165) is 6.20 Å². The molecule has 0 saturated carbocycles. The first-order valence-electron chi connectivity index (χ1n) is 7.02. The summed E-state index contributed by atoms with van der Waals surface area (Å²) >= 11 is 0. The normalized spacial score (nSPS) is 15.8. The van der Waals surface area contributed by atoms with Crippen molar-refractivity contribution in [2.75, 3.05) is 19.5 Å². The third-order valence-electron chi connectivity index (χ3n) is 3.17. The Morgan fingerprint density at radius 3 is 2.24 bits per heavy atom. The lowest BCUT2D eigenvalue weighted by Gasteiger charge is -2.29. The van der Waals surface area contributed by atoms with Crippen LogP contribution in [0.3, 0.4) is 0 Å². The SMILES string of the molecule is COc1cc(NC=C2C(=O)OC(C)(C)OC2=O)c(OC)c([N+](=O)[O-])c1. The van der Waals surface area contributed by atoms with E-state index >= 15 is 0 Å². The second kappa shape index (κ2) is 6.67. The summed E-state index contributed by atoms with van der Waals surface area (Å²) in [4.78, 5) is 34.3. The molecule has 134 valence electrons. The van der Waals surface area contributed by atoms with Gasteiger partial charge in [0.05, 0.1) is 30.9 Å². The van der Waals surface area contributed by atoms with Crippen molar-refractivity contribution in [2.24, 2.45) is 0 Å². The molecular weight excluding hydrogens is 336 g/mol. The van der Waals surface area contributed by atoms with E-state index in [9.17, 15) is 19.7 Å². The summed E-state index contributed by atoms with van der Waals surface area (Å²) in [6, 6.07) is 2.59. The van der Waals surface area contributed by atoms with Gasteiger partial charge in [-0.2, -0.15) is 0 Å². The first-order chi connectivity index (χ1) is 11.7. The minimum Gasteiger partial charge on any atom is -0.496 e. The van der Waals surface area contributed by atoms with Gasteiger partial charge in [-0.1, -0.05) is 0 Å². The number of cyclic esters (lactones) is 2. The molecule has 0 atom stereocenters. The highest BCUT2D eigenvalue weighted by molar-refractivity contribution is 6.15. The molecule has 0 bridgehead atoms. The van der Waals surface area contributed by atoms with E-state index in [-0.39, 0.29) is 22.9 Å².